The lowest BCUT2D eigenvalue weighted by Crippen LogP contribution is -2.38. The molecule has 2 rings (SSSR count). The first-order chi connectivity index (χ1) is 8.50. The third-order valence-electron chi connectivity index (χ3n) is 3.16. The van der Waals surface area contributed by atoms with E-state index in [1.165, 1.54) is 12.3 Å². The molecule has 1 unspecified atom stereocenters. The Bertz CT molecular complexity index is 521. The average molecular weight is 273 g/mol. The molecule has 100 valence electrons. The van der Waals surface area contributed by atoms with Gasteiger partial charge in [-0.2, -0.15) is 0 Å². The zero-order chi connectivity index (χ0) is 13.2. The highest BCUT2D eigenvalue weighted by molar-refractivity contribution is 7.89. The molecule has 0 amide bonds. The van der Waals surface area contributed by atoms with Gasteiger partial charge in [-0.15, -0.1) is 0 Å². The van der Waals surface area contributed by atoms with E-state index in [0.717, 1.165) is 25.5 Å². The van der Waals surface area contributed by atoms with Crippen LogP contribution in [0.1, 0.15) is 12.8 Å². The predicted molar refractivity (Wildman–Crippen MR) is 65.0 cm³/mol. The van der Waals surface area contributed by atoms with Crippen LogP contribution in [0.5, 0.6) is 0 Å². The summed E-state index contributed by atoms with van der Waals surface area (Å²) in [6.45, 7) is 1.25. The number of likely N-dealkylation sites (N-methyl/N-ethyl adjacent to an activating group) is 1. The number of halogens is 1. The molecule has 0 radical (unpaired) electrons. The maximum atomic E-state index is 13.4. The van der Waals surface area contributed by atoms with Crippen molar-refractivity contribution in [1.82, 2.24) is 14.6 Å². The molecular formula is C11H16FN3O2S. The molecule has 7 heteroatoms. The number of rotatable bonds is 4. The fourth-order valence-electron chi connectivity index (χ4n) is 2.08. The lowest BCUT2D eigenvalue weighted by atomic mass is 10.2. The van der Waals surface area contributed by atoms with Crippen LogP contribution in [-0.4, -0.2) is 44.5 Å². The van der Waals surface area contributed by atoms with Crippen LogP contribution < -0.4 is 4.72 Å². The third kappa shape index (κ3) is 2.85. The molecule has 18 heavy (non-hydrogen) atoms. The summed E-state index contributed by atoms with van der Waals surface area (Å²) in [6.07, 6.45) is 3.27. The Balaban J connectivity index is 2.06. The Kier molecular flexibility index (Phi) is 3.94. The van der Waals surface area contributed by atoms with Crippen LogP contribution in [0.25, 0.3) is 0 Å². The summed E-state index contributed by atoms with van der Waals surface area (Å²) in [6, 6.07) is 2.62. The van der Waals surface area contributed by atoms with Gasteiger partial charge in [-0.05, 0) is 38.6 Å². The Morgan fingerprint density at radius 2 is 2.39 bits per heavy atom. The van der Waals surface area contributed by atoms with Crippen LogP contribution in [0.4, 0.5) is 4.39 Å². The Morgan fingerprint density at radius 1 is 1.61 bits per heavy atom. The lowest BCUT2D eigenvalue weighted by molar-refractivity contribution is 0.310. The van der Waals surface area contributed by atoms with Crippen molar-refractivity contribution in [3.8, 4) is 0 Å². The molecule has 1 fully saturated rings. The number of nitrogens with one attached hydrogen (secondary N) is 1. The summed E-state index contributed by atoms with van der Waals surface area (Å²) in [5.41, 5.74) is 0. The minimum atomic E-state index is -3.86. The number of likely N-dealkylation sites (tertiary alicyclic amines) is 1. The molecule has 0 spiro atoms. The van der Waals surface area contributed by atoms with Crippen molar-refractivity contribution in [1.29, 1.82) is 0 Å². The van der Waals surface area contributed by atoms with Crippen LogP contribution in [0.15, 0.2) is 23.4 Å². The van der Waals surface area contributed by atoms with E-state index in [2.05, 4.69) is 14.6 Å². The van der Waals surface area contributed by atoms with Crippen LogP contribution in [0.3, 0.4) is 0 Å². The van der Waals surface area contributed by atoms with Gasteiger partial charge in [0.1, 0.15) is 0 Å². The van der Waals surface area contributed by atoms with E-state index in [9.17, 15) is 12.8 Å². The highest BCUT2D eigenvalue weighted by atomic mass is 32.2. The third-order valence-corrected chi connectivity index (χ3v) is 4.52. The SMILES string of the molecule is CN1CCCC1CNS(=O)(=O)c1ncccc1F. The van der Waals surface area contributed by atoms with Crippen molar-refractivity contribution in [3.05, 3.63) is 24.1 Å². The predicted octanol–water partition coefficient (Wildman–Crippen LogP) is 0.593. The van der Waals surface area contributed by atoms with Crippen molar-refractivity contribution in [2.24, 2.45) is 0 Å². The molecule has 1 atom stereocenters. The normalized spacial score (nSPS) is 21.3. The van der Waals surface area contributed by atoms with Gasteiger partial charge in [0.15, 0.2) is 5.82 Å². The molecule has 2 heterocycles. The van der Waals surface area contributed by atoms with E-state index in [1.807, 2.05) is 7.05 Å². The van der Waals surface area contributed by atoms with E-state index in [0.29, 0.717) is 0 Å². The maximum absolute atomic E-state index is 13.4. The van der Waals surface area contributed by atoms with E-state index < -0.39 is 20.9 Å². The summed E-state index contributed by atoms with van der Waals surface area (Å²) in [5, 5.41) is -0.536. The minimum absolute atomic E-state index is 0.173. The Labute approximate surface area is 106 Å². The molecule has 5 nitrogen and oxygen atoms in total. The van der Waals surface area contributed by atoms with Crippen LogP contribution >= 0.6 is 0 Å². The molecule has 1 aromatic rings. The van der Waals surface area contributed by atoms with Gasteiger partial charge >= 0.3 is 0 Å². The molecule has 1 saturated heterocycles. The molecule has 0 saturated carbocycles. The highest BCUT2D eigenvalue weighted by Crippen LogP contribution is 2.15. The number of pyridine rings is 1. The number of aromatic nitrogens is 1. The topological polar surface area (TPSA) is 62.3 Å². The zero-order valence-corrected chi connectivity index (χ0v) is 11.0. The summed E-state index contributed by atoms with van der Waals surface area (Å²) >= 11 is 0. The molecule has 0 bridgehead atoms. The summed E-state index contributed by atoms with van der Waals surface area (Å²) in [7, 11) is -1.91. The van der Waals surface area contributed by atoms with Crippen molar-refractivity contribution in [2.45, 2.75) is 23.9 Å². The Hall–Kier alpha value is -1.05. The first-order valence-electron chi connectivity index (χ1n) is 5.81. The van der Waals surface area contributed by atoms with Gasteiger partial charge < -0.3 is 4.90 Å². The van der Waals surface area contributed by atoms with Crippen LogP contribution in [0.2, 0.25) is 0 Å². The van der Waals surface area contributed by atoms with Gasteiger partial charge in [-0.3, -0.25) is 0 Å². The van der Waals surface area contributed by atoms with E-state index >= 15 is 0 Å². The first kappa shape index (κ1) is 13.4. The van der Waals surface area contributed by atoms with Crippen LogP contribution in [-0.2, 0) is 10.0 Å². The number of hydrogen-bond donors (Lipinski definition) is 1. The van der Waals surface area contributed by atoms with Crippen molar-refractivity contribution in [2.75, 3.05) is 20.1 Å². The minimum Gasteiger partial charge on any atom is -0.302 e. The molecular weight excluding hydrogens is 257 g/mol. The molecule has 0 aliphatic carbocycles. The van der Waals surface area contributed by atoms with Gasteiger partial charge in [0.05, 0.1) is 0 Å². The first-order valence-corrected chi connectivity index (χ1v) is 7.29. The van der Waals surface area contributed by atoms with Crippen LogP contribution in [0, 0.1) is 5.82 Å². The fraction of sp³-hybridized carbons (Fsp3) is 0.545. The summed E-state index contributed by atoms with van der Waals surface area (Å²) in [5.74, 6) is -0.829. The van der Waals surface area contributed by atoms with Gasteiger partial charge in [0, 0.05) is 18.8 Å². The van der Waals surface area contributed by atoms with Crippen molar-refractivity contribution in [3.63, 3.8) is 0 Å². The van der Waals surface area contributed by atoms with Gasteiger partial charge in [-0.25, -0.2) is 22.5 Å². The summed E-state index contributed by atoms with van der Waals surface area (Å²) in [4.78, 5) is 5.67. The van der Waals surface area contributed by atoms with Gasteiger partial charge in [0.25, 0.3) is 10.0 Å². The number of nitrogens with zero attached hydrogens (tertiary/aromatic N) is 2. The molecule has 1 aromatic heterocycles. The van der Waals surface area contributed by atoms with E-state index in [4.69, 9.17) is 0 Å². The smallest absolute Gasteiger partial charge is 0.261 e. The molecule has 1 aliphatic rings. The summed E-state index contributed by atoms with van der Waals surface area (Å²) < 4.78 is 39.6. The van der Waals surface area contributed by atoms with Gasteiger partial charge in [-0.1, -0.05) is 0 Å². The van der Waals surface area contributed by atoms with Gasteiger partial charge in [0.2, 0.25) is 5.03 Å². The number of sulfonamides is 1. The standard InChI is InChI=1S/C11H16FN3O2S/c1-15-7-3-4-9(15)8-14-18(16,17)11-10(12)5-2-6-13-11/h2,5-6,9,14H,3-4,7-8H2,1H3. The van der Waals surface area contributed by atoms with Crippen molar-refractivity contribution >= 4 is 10.0 Å². The van der Waals surface area contributed by atoms with E-state index in [1.54, 1.807) is 0 Å². The lowest BCUT2D eigenvalue weighted by Gasteiger charge is -2.19. The highest BCUT2D eigenvalue weighted by Gasteiger charge is 2.25. The second kappa shape index (κ2) is 5.29. The quantitative estimate of drug-likeness (QED) is 0.872. The second-order valence-electron chi connectivity index (χ2n) is 4.42. The monoisotopic (exact) mass is 273 g/mol. The molecule has 0 aromatic carbocycles. The molecule has 1 aliphatic heterocycles. The maximum Gasteiger partial charge on any atom is 0.261 e. The second-order valence-corrected chi connectivity index (χ2v) is 6.10. The fourth-order valence-corrected chi connectivity index (χ4v) is 3.15. The van der Waals surface area contributed by atoms with E-state index in [-0.39, 0.29) is 12.6 Å². The average Bonchev–Trinajstić information content (AvgIpc) is 2.73. The largest absolute Gasteiger partial charge is 0.302 e. The van der Waals surface area contributed by atoms with Crippen molar-refractivity contribution < 1.29 is 12.8 Å². The molecule has 1 N–H and O–H groups in total. The zero-order valence-electron chi connectivity index (χ0n) is 10.1. The number of hydrogen-bond acceptors (Lipinski definition) is 4. The Morgan fingerprint density at radius 3 is 3.00 bits per heavy atom.